The molecule has 108 valence electrons. The summed E-state index contributed by atoms with van der Waals surface area (Å²) in [7, 11) is 0. The summed E-state index contributed by atoms with van der Waals surface area (Å²) in [6, 6.07) is 8.68. The average molecular weight is 309 g/mol. The van der Waals surface area contributed by atoms with Gasteiger partial charge in [0, 0.05) is 10.4 Å². The molecule has 0 aliphatic carbocycles. The number of alkyl halides is 3. The molecule has 3 aromatic rings. The van der Waals surface area contributed by atoms with Crippen LogP contribution in [0.3, 0.4) is 0 Å². The Hall–Kier alpha value is -2.28. The van der Waals surface area contributed by atoms with Crippen molar-refractivity contribution >= 4 is 17.2 Å². The molecule has 0 aliphatic rings. The predicted molar refractivity (Wildman–Crippen MR) is 76.8 cm³/mol. The second kappa shape index (κ2) is 4.92. The van der Waals surface area contributed by atoms with Gasteiger partial charge in [-0.2, -0.15) is 18.3 Å². The van der Waals surface area contributed by atoms with E-state index in [9.17, 15) is 13.2 Å². The maximum absolute atomic E-state index is 12.6. The number of nitrogens with one attached hydrogen (secondary N) is 1. The Bertz CT molecular complexity index is 743. The summed E-state index contributed by atoms with van der Waals surface area (Å²) in [4.78, 5) is 0.913. The van der Waals surface area contributed by atoms with E-state index >= 15 is 0 Å². The number of nitrogens with two attached hydrogens (primary N) is 1. The van der Waals surface area contributed by atoms with Crippen LogP contribution in [0.25, 0.3) is 21.7 Å². The molecule has 2 heterocycles. The maximum atomic E-state index is 12.6. The Labute approximate surface area is 122 Å². The fourth-order valence-electron chi connectivity index (χ4n) is 2.06. The van der Waals surface area contributed by atoms with Gasteiger partial charge in [-0.05, 0) is 23.6 Å². The number of aromatic nitrogens is 2. The second-order valence-corrected chi connectivity index (χ2v) is 5.36. The lowest BCUT2D eigenvalue weighted by molar-refractivity contribution is -0.137. The SMILES string of the molecule is Nc1n[nH]c(-c2ccc(C(F)(F)F)cc2)c1-c1cccs1. The molecule has 3 N–H and O–H groups in total. The van der Waals surface area contributed by atoms with Crippen LogP contribution in [0.4, 0.5) is 19.0 Å². The maximum Gasteiger partial charge on any atom is 0.416 e. The van der Waals surface area contributed by atoms with Crippen molar-refractivity contribution in [3.8, 4) is 21.7 Å². The van der Waals surface area contributed by atoms with Crippen LogP contribution in [0.5, 0.6) is 0 Å². The van der Waals surface area contributed by atoms with E-state index in [0.29, 0.717) is 22.6 Å². The van der Waals surface area contributed by atoms with Gasteiger partial charge < -0.3 is 5.73 Å². The Balaban J connectivity index is 2.06. The minimum atomic E-state index is -4.35. The molecule has 0 amide bonds. The van der Waals surface area contributed by atoms with Gasteiger partial charge in [0.25, 0.3) is 0 Å². The van der Waals surface area contributed by atoms with Crippen LogP contribution in [0, 0.1) is 0 Å². The van der Waals surface area contributed by atoms with Gasteiger partial charge in [0.05, 0.1) is 16.8 Å². The van der Waals surface area contributed by atoms with Gasteiger partial charge in [-0.1, -0.05) is 18.2 Å². The third kappa shape index (κ3) is 2.52. The highest BCUT2D eigenvalue weighted by molar-refractivity contribution is 7.13. The smallest absolute Gasteiger partial charge is 0.382 e. The number of nitrogens with zero attached hydrogens (tertiary/aromatic N) is 1. The lowest BCUT2D eigenvalue weighted by Crippen LogP contribution is -2.04. The lowest BCUT2D eigenvalue weighted by Gasteiger charge is -2.07. The van der Waals surface area contributed by atoms with Gasteiger partial charge in [0.1, 0.15) is 0 Å². The van der Waals surface area contributed by atoms with Crippen LogP contribution >= 0.6 is 11.3 Å². The Morgan fingerprint density at radius 3 is 2.38 bits per heavy atom. The first-order valence-corrected chi connectivity index (χ1v) is 6.90. The van der Waals surface area contributed by atoms with E-state index in [-0.39, 0.29) is 0 Å². The van der Waals surface area contributed by atoms with Crippen LogP contribution in [0.15, 0.2) is 41.8 Å². The topological polar surface area (TPSA) is 54.7 Å². The first-order valence-electron chi connectivity index (χ1n) is 6.02. The van der Waals surface area contributed by atoms with E-state index in [1.54, 1.807) is 0 Å². The molecule has 0 fully saturated rings. The third-order valence-electron chi connectivity index (χ3n) is 3.06. The summed E-state index contributed by atoms with van der Waals surface area (Å²) in [6.45, 7) is 0. The first kappa shape index (κ1) is 13.7. The van der Waals surface area contributed by atoms with Gasteiger partial charge in [-0.3, -0.25) is 5.10 Å². The lowest BCUT2D eigenvalue weighted by atomic mass is 10.0. The zero-order valence-corrected chi connectivity index (χ0v) is 11.4. The monoisotopic (exact) mass is 309 g/mol. The molecule has 7 heteroatoms. The van der Waals surface area contributed by atoms with Gasteiger partial charge in [0.15, 0.2) is 5.82 Å². The second-order valence-electron chi connectivity index (χ2n) is 4.41. The quantitative estimate of drug-likeness (QED) is 0.737. The number of hydrogen-bond acceptors (Lipinski definition) is 3. The van der Waals surface area contributed by atoms with Crippen molar-refractivity contribution in [1.29, 1.82) is 0 Å². The molecular weight excluding hydrogens is 299 g/mol. The van der Waals surface area contributed by atoms with E-state index in [1.165, 1.54) is 23.5 Å². The number of anilines is 1. The third-order valence-corrected chi connectivity index (χ3v) is 3.95. The molecule has 0 aliphatic heterocycles. The van der Waals surface area contributed by atoms with Crippen molar-refractivity contribution < 1.29 is 13.2 Å². The highest BCUT2D eigenvalue weighted by Crippen LogP contribution is 2.38. The van der Waals surface area contributed by atoms with Crippen LogP contribution in [0.2, 0.25) is 0 Å². The molecule has 0 saturated heterocycles. The van der Waals surface area contributed by atoms with Crippen molar-refractivity contribution in [3.63, 3.8) is 0 Å². The molecule has 3 nitrogen and oxygen atoms in total. The number of hydrogen-bond donors (Lipinski definition) is 2. The molecule has 3 rings (SSSR count). The van der Waals surface area contributed by atoms with Crippen molar-refractivity contribution in [2.75, 3.05) is 5.73 Å². The standard InChI is InChI=1S/C14H10F3N3S/c15-14(16,17)9-5-3-8(4-6-9)12-11(13(18)20-19-12)10-2-1-7-21-10/h1-7H,(H3,18,19,20). The summed E-state index contributed by atoms with van der Waals surface area (Å²) < 4.78 is 37.8. The fourth-order valence-corrected chi connectivity index (χ4v) is 2.85. The minimum Gasteiger partial charge on any atom is -0.382 e. The van der Waals surface area contributed by atoms with Gasteiger partial charge >= 0.3 is 6.18 Å². The van der Waals surface area contributed by atoms with Crippen LogP contribution in [-0.4, -0.2) is 10.2 Å². The van der Waals surface area contributed by atoms with E-state index in [1.807, 2.05) is 17.5 Å². The van der Waals surface area contributed by atoms with Crippen LogP contribution in [0.1, 0.15) is 5.56 Å². The average Bonchev–Trinajstić information content (AvgIpc) is 3.06. The van der Waals surface area contributed by atoms with Crippen molar-refractivity contribution in [1.82, 2.24) is 10.2 Å². The van der Waals surface area contributed by atoms with Crippen LogP contribution < -0.4 is 5.73 Å². The van der Waals surface area contributed by atoms with Crippen molar-refractivity contribution in [3.05, 3.63) is 47.3 Å². The highest BCUT2D eigenvalue weighted by atomic mass is 32.1. The Morgan fingerprint density at radius 1 is 1.10 bits per heavy atom. The van der Waals surface area contributed by atoms with E-state index in [4.69, 9.17) is 5.73 Å². The Kier molecular flexibility index (Phi) is 3.21. The summed E-state index contributed by atoms with van der Waals surface area (Å²) in [5.74, 6) is 0.326. The summed E-state index contributed by atoms with van der Waals surface area (Å²) in [5, 5.41) is 8.65. The zero-order valence-electron chi connectivity index (χ0n) is 10.6. The number of rotatable bonds is 2. The van der Waals surface area contributed by atoms with E-state index in [0.717, 1.165) is 17.0 Å². The summed E-state index contributed by atoms with van der Waals surface area (Å²) >= 11 is 1.49. The molecule has 0 unspecified atom stereocenters. The summed E-state index contributed by atoms with van der Waals surface area (Å²) in [5.41, 5.74) is 7.10. The molecule has 0 atom stereocenters. The molecule has 2 aromatic heterocycles. The number of halogens is 3. The normalized spacial score (nSPS) is 11.8. The van der Waals surface area contributed by atoms with Gasteiger partial charge in [-0.15, -0.1) is 11.3 Å². The summed E-state index contributed by atoms with van der Waals surface area (Å²) in [6.07, 6.45) is -4.35. The predicted octanol–water partition coefficient (Wildman–Crippen LogP) is 4.41. The number of thiophene rings is 1. The number of benzene rings is 1. The molecule has 0 bridgehead atoms. The van der Waals surface area contributed by atoms with E-state index in [2.05, 4.69) is 10.2 Å². The number of aromatic amines is 1. The van der Waals surface area contributed by atoms with E-state index < -0.39 is 11.7 Å². The molecular formula is C14H10F3N3S. The largest absolute Gasteiger partial charge is 0.416 e. The van der Waals surface area contributed by atoms with Crippen molar-refractivity contribution in [2.24, 2.45) is 0 Å². The molecule has 1 aromatic carbocycles. The Morgan fingerprint density at radius 2 is 1.81 bits per heavy atom. The number of nitrogen functional groups attached to an aromatic ring is 1. The molecule has 21 heavy (non-hydrogen) atoms. The van der Waals surface area contributed by atoms with Crippen LogP contribution in [-0.2, 0) is 6.18 Å². The molecule has 0 radical (unpaired) electrons. The highest BCUT2D eigenvalue weighted by Gasteiger charge is 2.30. The fraction of sp³-hybridized carbons (Fsp3) is 0.0714. The molecule has 0 saturated carbocycles. The zero-order chi connectivity index (χ0) is 15.0. The first-order chi connectivity index (χ1) is 9.97. The molecule has 0 spiro atoms. The van der Waals surface area contributed by atoms with Gasteiger partial charge in [0.2, 0.25) is 0 Å². The van der Waals surface area contributed by atoms with Crippen molar-refractivity contribution in [2.45, 2.75) is 6.18 Å². The minimum absolute atomic E-state index is 0.326. The number of H-pyrrole nitrogens is 1. The van der Waals surface area contributed by atoms with Gasteiger partial charge in [-0.25, -0.2) is 0 Å².